The Morgan fingerprint density at radius 2 is 2.10 bits per heavy atom. The summed E-state index contributed by atoms with van der Waals surface area (Å²) in [6.45, 7) is 4.72. The monoisotopic (exact) mass is 306 g/mol. The van der Waals surface area contributed by atoms with Gasteiger partial charge in [0.2, 0.25) is 0 Å². The van der Waals surface area contributed by atoms with Crippen molar-refractivity contribution in [3.63, 3.8) is 0 Å². The molecule has 3 atom stereocenters. The number of imidazole rings is 1. The number of rotatable bonds is 3. The highest BCUT2D eigenvalue weighted by atomic mass is 35.5. The van der Waals surface area contributed by atoms with Crippen LogP contribution >= 0.6 is 11.6 Å². The molecule has 1 aliphatic carbocycles. The first-order valence-electron chi connectivity index (χ1n) is 7.74. The molecule has 3 rings (SSSR count). The number of aromatic nitrogens is 2. The van der Waals surface area contributed by atoms with Gasteiger partial charge in [-0.05, 0) is 43.2 Å². The molecule has 1 saturated carbocycles. The molecule has 1 heterocycles. The molecule has 0 radical (unpaired) electrons. The van der Waals surface area contributed by atoms with E-state index < -0.39 is 0 Å². The summed E-state index contributed by atoms with van der Waals surface area (Å²) in [6.07, 6.45) is 3.68. The molecule has 1 fully saturated rings. The molecule has 0 aliphatic heterocycles. The average Bonchev–Trinajstić information content (AvgIpc) is 2.87. The van der Waals surface area contributed by atoms with E-state index in [1.807, 2.05) is 12.1 Å². The lowest BCUT2D eigenvalue weighted by atomic mass is 9.79. The van der Waals surface area contributed by atoms with Gasteiger partial charge in [-0.3, -0.25) is 0 Å². The summed E-state index contributed by atoms with van der Waals surface area (Å²) < 4.78 is 7.73. The first kappa shape index (κ1) is 14.7. The molecule has 3 unspecified atom stereocenters. The Morgan fingerprint density at radius 1 is 1.29 bits per heavy atom. The van der Waals surface area contributed by atoms with E-state index >= 15 is 0 Å². The first-order chi connectivity index (χ1) is 10.1. The van der Waals surface area contributed by atoms with E-state index in [9.17, 15) is 0 Å². The number of ether oxygens (including phenoxy) is 1. The van der Waals surface area contributed by atoms with Gasteiger partial charge >= 0.3 is 0 Å². The van der Waals surface area contributed by atoms with Gasteiger partial charge in [-0.25, -0.2) is 4.98 Å². The molecule has 21 heavy (non-hydrogen) atoms. The number of hydrogen-bond acceptors (Lipinski definition) is 2. The van der Waals surface area contributed by atoms with Crippen molar-refractivity contribution >= 4 is 22.6 Å². The second-order valence-corrected chi connectivity index (χ2v) is 6.58. The molecule has 0 amide bonds. The normalized spacial score (nSPS) is 26.2. The number of methoxy groups -OCH3 is 1. The number of alkyl halides is 1. The van der Waals surface area contributed by atoms with Crippen LogP contribution in [0, 0.1) is 11.8 Å². The third-order valence-electron chi connectivity index (χ3n) is 5.02. The van der Waals surface area contributed by atoms with Gasteiger partial charge in [-0.1, -0.05) is 13.8 Å². The Balaban J connectivity index is 2.06. The summed E-state index contributed by atoms with van der Waals surface area (Å²) in [5.74, 6) is 3.87. The van der Waals surface area contributed by atoms with Crippen LogP contribution in [0.2, 0.25) is 0 Å². The highest BCUT2D eigenvalue weighted by Crippen LogP contribution is 2.39. The van der Waals surface area contributed by atoms with E-state index in [0.717, 1.165) is 34.4 Å². The predicted molar refractivity (Wildman–Crippen MR) is 87.1 cm³/mol. The molecule has 0 saturated heterocycles. The van der Waals surface area contributed by atoms with Gasteiger partial charge in [0, 0.05) is 12.1 Å². The molecule has 1 aliphatic rings. The molecular weight excluding hydrogens is 284 g/mol. The van der Waals surface area contributed by atoms with Gasteiger partial charge < -0.3 is 9.30 Å². The van der Waals surface area contributed by atoms with Gasteiger partial charge in [0.1, 0.15) is 11.6 Å². The first-order valence-corrected chi connectivity index (χ1v) is 8.28. The number of fused-ring (bicyclic) bond motifs is 1. The minimum absolute atomic E-state index is 0.456. The SMILES string of the molecule is COc1ccc2nc(CCl)n(C3CCC(C)C(C)C3)c2c1. The summed E-state index contributed by atoms with van der Waals surface area (Å²) in [5.41, 5.74) is 2.16. The minimum Gasteiger partial charge on any atom is -0.497 e. The van der Waals surface area contributed by atoms with Crippen molar-refractivity contribution in [2.24, 2.45) is 11.8 Å². The van der Waals surface area contributed by atoms with Crippen molar-refractivity contribution in [2.45, 2.75) is 45.0 Å². The summed E-state index contributed by atoms with van der Waals surface area (Å²) in [6, 6.07) is 6.57. The van der Waals surface area contributed by atoms with Crippen LogP contribution in [-0.2, 0) is 5.88 Å². The predicted octanol–water partition coefficient (Wildman–Crippen LogP) is 4.78. The van der Waals surface area contributed by atoms with Crippen LogP contribution in [0.3, 0.4) is 0 Å². The zero-order chi connectivity index (χ0) is 15.0. The zero-order valence-electron chi connectivity index (χ0n) is 13.0. The number of hydrogen-bond donors (Lipinski definition) is 0. The topological polar surface area (TPSA) is 27.1 Å². The van der Waals surface area contributed by atoms with Crippen molar-refractivity contribution in [2.75, 3.05) is 7.11 Å². The summed E-state index contributed by atoms with van der Waals surface area (Å²) in [4.78, 5) is 4.70. The Labute approximate surface area is 131 Å². The maximum atomic E-state index is 6.15. The summed E-state index contributed by atoms with van der Waals surface area (Å²) >= 11 is 6.15. The van der Waals surface area contributed by atoms with Crippen LogP contribution in [0.1, 0.15) is 45.0 Å². The van der Waals surface area contributed by atoms with E-state index in [-0.39, 0.29) is 0 Å². The van der Waals surface area contributed by atoms with Crippen molar-refractivity contribution in [1.82, 2.24) is 9.55 Å². The maximum Gasteiger partial charge on any atom is 0.125 e. The Bertz CT molecular complexity index is 637. The summed E-state index contributed by atoms with van der Waals surface area (Å²) in [5, 5.41) is 0. The number of halogens is 1. The molecule has 4 heteroatoms. The average molecular weight is 307 g/mol. The van der Waals surface area contributed by atoms with E-state index in [1.165, 1.54) is 19.3 Å². The van der Waals surface area contributed by atoms with E-state index in [1.54, 1.807) is 7.11 Å². The maximum absolute atomic E-state index is 6.15. The molecule has 2 aromatic rings. The van der Waals surface area contributed by atoms with Gasteiger partial charge in [0.05, 0.1) is 24.0 Å². The fourth-order valence-electron chi connectivity index (χ4n) is 3.50. The highest BCUT2D eigenvalue weighted by Gasteiger charge is 2.28. The van der Waals surface area contributed by atoms with Crippen molar-refractivity contribution in [3.8, 4) is 5.75 Å². The summed E-state index contributed by atoms with van der Waals surface area (Å²) in [7, 11) is 1.70. The smallest absolute Gasteiger partial charge is 0.125 e. The Morgan fingerprint density at radius 3 is 2.76 bits per heavy atom. The lowest BCUT2D eigenvalue weighted by Gasteiger charge is -2.33. The quantitative estimate of drug-likeness (QED) is 0.763. The fraction of sp³-hybridized carbons (Fsp3) is 0.588. The Hall–Kier alpha value is -1.22. The molecule has 114 valence electrons. The van der Waals surface area contributed by atoms with Crippen molar-refractivity contribution in [3.05, 3.63) is 24.0 Å². The van der Waals surface area contributed by atoms with Gasteiger partial charge in [-0.15, -0.1) is 11.6 Å². The molecule has 1 aromatic heterocycles. The standard InChI is InChI=1S/C17H23ClN2O/c1-11-4-5-13(8-12(11)2)20-16-9-14(21-3)6-7-15(16)19-17(20)10-18/h6-7,9,11-13H,4-5,8,10H2,1-3H3. The second-order valence-electron chi connectivity index (χ2n) is 6.31. The van der Waals surface area contributed by atoms with Crippen LogP contribution in [0.4, 0.5) is 0 Å². The molecule has 1 aromatic carbocycles. The van der Waals surface area contributed by atoms with E-state index in [4.69, 9.17) is 21.3 Å². The molecular formula is C17H23ClN2O. The molecule has 0 bridgehead atoms. The third kappa shape index (κ3) is 2.64. The van der Waals surface area contributed by atoms with Crippen LogP contribution < -0.4 is 4.74 Å². The van der Waals surface area contributed by atoms with Crippen LogP contribution in [-0.4, -0.2) is 16.7 Å². The number of nitrogens with zero attached hydrogens (tertiary/aromatic N) is 2. The van der Waals surface area contributed by atoms with Crippen LogP contribution in [0.15, 0.2) is 18.2 Å². The molecule has 0 spiro atoms. The highest BCUT2D eigenvalue weighted by molar-refractivity contribution is 6.16. The van der Waals surface area contributed by atoms with E-state index in [2.05, 4.69) is 24.5 Å². The van der Waals surface area contributed by atoms with Crippen LogP contribution in [0.5, 0.6) is 5.75 Å². The second kappa shape index (κ2) is 5.88. The van der Waals surface area contributed by atoms with Gasteiger partial charge in [0.25, 0.3) is 0 Å². The third-order valence-corrected chi connectivity index (χ3v) is 5.26. The van der Waals surface area contributed by atoms with Crippen molar-refractivity contribution < 1.29 is 4.74 Å². The molecule has 0 N–H and O–H groups in total. The lowest BCUT2D eigenvalue weighted by Crippen LogP contribution is -2.24. The zero-order valence-corrected chi connectivity index (χ0v) is 13.7. The van der Waals surface area contributed by atoms with Gasteiger partial charge in [-0.2, -0.15) is 0 Å². The van der Waals surface area contributed by atoms with Crippen LogP contribution in [0.25, 0.3) is 11.0 Å². The fourth-order valence-corrected chi connectivity index (χ4v) is 3.69. The molecule has 3 nitrogen and oxygen atoms in total. The Kier molecular flexibility index (Phi) is 4.12. The number of benzene rings is 1. The van der Waals surface area contributed by atoms with Crippen molar-refractivity contribution in [1.29, 1.82) is 0 Å². The lowest BCUT2D eigenvalue weighted by molar-refractivity contribution is 0.211. The van der Waals surface area contributed by atoms with Gasteiger partial charge in [0.15, 0.2) is 0 Å². The van der Waals surface area contributed by atoms with E-state index in [0.29, 0.717) is 11.9 Å². The largest absolute Gasteiger partial charge is 0.497 e. The minimum atomic E-state index is 0.456.